The summed E-state index contributed by atoms with van der Waals surface area (Å²) in [7, 11) is 1.00. The van der Waals surface area contributed by atoms with Crippen LogP contribution in [0.25, 0.3) is 0 Å². The standard InChI is InChI=1S/C12H13F3N4O2S/c1-7-5-8(22-6-7)9(20)16-3-4-19-11(21)18(2)10(17-19)12(13,14)15/h5-6H,3-4H2,1-2H3,(H,16,20). The van der Waals surface area contributed by atoms with Crippen molar-refractivity contribution in [3.8, 4) is 0 Å². The number of rotatable bonds is 4. The van der Waals surface area contributed by atoms with E-state index in [1.807, 2.05) is 12.3 Å². The van der Waals surface area contributed by atoms with Gasteiger partial charge in [-0.15, -0.1) is 16.4 Å². The molecule has 0 fully saturated rings. The van der Waals surface area contributed by atoms with Crippen LogP contribution in [0, 0.1) is 6.92 Å². The fourth-order valence-electron chi connectivity index (χ4n) is 1.79. The first-order chi connectivity index (χ1) is 10.2. The smallest absolute Gasteiger partial charge is 0.349 e. The molecular weight excluding hydrogens is 321 g/mol. The molecule has 6 nitrogen and oxygen atoms in total. The van der Waals surface area contributed by atoms with Gasteiger partial charge in [0.15, 0.2) is 0 Å². The van der Waals surface area contributed by atoms with Crippen LogP contribution in [0.1, 0.15) is 21.1 Å². The molecule has 2 aromatic rings. The van der Waals surface area contributed by atoms with E-state index in [4.69, 9.17) is 0 Å². The van der Waals surface area contributed by atoms with Crippen molar-refractivity contribution in [3.63, 3.8) is 0 Å². The molecule has 120 valence electrons. The maximum absolute atomic E-state index is 12.6. The van der Waals surface area contributed by atoms with Gasteiger partial charge < -0.3 is 5.32 Å². The largest absolute Gasteiger partial charge is 0.451 e. The lowest BCUT2D eigenvalue weighted by molar-refractivity contribution is -0.147. The van der Waals surface area contributed by atoms with Crippen molar-refractivity contribution in [1.29, 1.82) is 0 Å². The second kappa shape index (κ2) is 5.95. The van der Waals surface area contributed by atoms with Gasteiger partial charge in [-0.3, -0.25) is 9.36 Å². The highest BCUT2D eigenvalue weighted by molar-refractivity contribution is 7.12. The Bertz CT molecular complexity index is 744. The molecule has 2 rings (SSSR count). The van der Waals surface area contributed by atoms with Crippen LogP contribution >= 0.6 is 11.3 Å². The van der Waals surface area contributed by atoms with Gasteiger partial charge in [0.05, 0.1) is 11.4 Å². The number of aryl methyl sites for hydroxylation is 1. The van der Waals surface area contributed by atoms with E-state index in [9.17, 15) is 22.8 Å². The number of halogens is 3. The molecule has 0 aliphatic heterocycles. The van der Waals surface area contributed by atoms with Crippen LogP contribution in [0.15, 0.2) is 16.2 Å². The topological polar surface area (TPSA) is 68.9 Å². The fraction of sp³-hybridized carbons (Fsp3) is 0.417. The Hall–Kier alpha value is -2.10. The number of amides is 1. The van der Waals surface area contributed by atoms with Gasteiger partial charge in [-0.25, -0.2) is 9.48 Å². The summed E-state index contributed by atoms with van der Waals surface area (Å²) in [5.41, 5.74) is 0.0689. The van der Waals surface area contributed by atoms with Gasteiger partial charge in [-0.2, -0.15) is 13.2 Å². The van der Waals surface area contributed by atoms with Crippen molar-refractivity contribution < 1.29 is 18.0 Å². The molecule has 1 amide bonds. The molecule has 22 heavy (non-hydrogen) atoms. The zero-order valence-electron chi connectivity index (χ0n) is 11.8. The van der Waals surface area contributed by atoms with Crippen molar-refractivity contribution >= 4 is 17.2 Å². The zero-order chi connectivity index (χ0) is 16.5. The molecule has 0 aromatic carbocycles. The molecule has 0 unspecified atom stereocenters. The van der Waals surface area contributed by atoms with Crippen LogP contribution < -0.4 is 11.0 Å². The molecule has 0 radical (unpaired) electrons. The Kier molecular flexibility index (Phi) is 4.40. The Labute approximate surface area is 127 Å². The normalized spacial score (nSPS) is 11.7. The lowest BCUT2D eigenvalue weighted by atomic mass is 10.3. The number of nitrogens with one attached hydrogen (secondary N) is 1. The molecule has 0 saturated carbocycles. The van der Waals surface area contributed by atoms with Gasteiger partial charge in [0.25, 0.3) is 5.91 Å². The van der Waals surface area contributed by atoms with E-state index in [0.717, 1.165) is 12.6 Å². The highest BCUT2D eigenvalue weighted by Gasteiger charge is 2.37. The lowest BCUT2D eigenvalue weighted by Gasteiger charge is -2.03. The second-order valence-corrected chi connectivity index (χ2v) is 5.54. The van der Waals surface area contributed by atoms with Crippen molar-refractivity contribution in [2.24, 2.45) is 7.05 Å². The average molecular weight is 334 g/mol. The summed E-state index contributed by atoms with van der Waals surface area (Å²) in [6, 6.07) is 1.70. The number of hydrogen-bond donors (Lipinski definition) is 1. The Morgan fingerprint density at radius 2 is 2.14 bits per heavy atom. The van der Waals surface area contributed by atoms with Crippen molar-refractivity contribution in [3.05, 3.63) is 38.2 Å². The van der Waals surface area contributed by atoms with E-state index in [-0.39, 0.29) is 19.0 Å². The molecule has 1 N–H and O–H groups in total. The molecule has 0 saturated heterocycles. The van der Waals surface area contributed by atoms with Gasteiger partial charge in [0.2, 0.25) is 5.82 Å². The monoisotopic (exact) mass is 334 g/mol. The predicted molar refractivity (Wildman–Crippen MR) is 73.9 cm³/mol. The van der Waals surface area contributed by atoms with Crippen LogP contribution in [-0.2, 0) is 19.8 Å². The Balaban J connectivity index is 2.01. The second-order valence-electron chi connectivity index (χ2n) is 4.63. The first-order valence-corrected chi connectivity index (χ1v) is 7.12. The van der Waals surface area contributed by atoms with E-state index in [1.54, 1.807) is 6.07 Å². The number of hydrogen-bond acceptors (Lipinski definition) is 4. The van der Waals surface area contributed by atoms with Crippen LogP contribution in [-0.4, -0.2) is 26.8 Å². The van der Waals surface area contributed by atoms with Crippen LogP contribution in [0.4, 0.5) is 13.2 Å². The minimum absolute atomic E-state index is 0.00397. The zero-order valence-corrected chi connectivity index (χ0v) is 12.6. The highest BCUT2D eigenvalue weighted by atomic mass is 32.1. The van der Waals surface area contributed by atoms with Gasteiger partial charge >= 0.3 is 11.9 Å². The van der Waals surface area contributed by atoms with Crippen molar-refractivity contribution in [2.75, 3.05) is 6.54 Å². The van der Waals surface area contributed by atoms with Gasteiger partial charge in [0, 0.05) is 13.6 Å². The summed E-state index contributed by atoms with van der Waals surface area (Å²) in [5.74, 6) is -1.60. The molecule has 0 atom stereocenters. The third-order valence-corrected chi connectivity index (χ3v) is 3.90. The molecule has 0 aliphatic rings. The minimum Gasteiger partial charge on any atom is -0.349 e. The number of aromatic nitrogens is 3. The number of nitrogens with zero attached hydrogens (tertiary/aromatic N) is 3. The van der Waals surface area contributed by atoms with Crippen LogP contribution in [0.2, 0.25) is 0 Å². The SMILES string of the molecule is Cc1csc(C(=O)NCCn2nc(C(F)(F)F)n(C)c2=O)c1. The number of carbonyl (C=O) groups excluding carboxylic acids is 1. The maximum atomic E-state index is 12.6. The molecular formula is C12H13F3N4O2S. The molecule has 0 spiro atoms. The minimum atomic E-state index is -4.70. The number of alkyl halides is 3. The predicted octanol–water partition coefficient (Wildman–Crippen LogP) is 1.40. The van der Waals surface area contributed by atoms with Crippen molar-refractivity contribution in [1.82, 2.24) is 19.7 Å². The van der Waals surface area contributed by atoms with E-state index < -0.39 is 17.7 Å². The average Bonchev–Trinajstić information content (AvgIpc) is 2.96. The van der Waals surface area contributed by atoms with Gasteiger partial charge in [-0.1, -0.05) is 0 Å². The van der Waals surface area contributed by atoms with Gasteiger partial charge in [0.1, 0.15) is 0 Å². The third kappa shape index (κ3) is 3.38. The summed E-state index contributed by atoms with van der Waals surface area (Å²) >= 11 is 1.27. The first kappa shape index (κ1) is 16.3. The van der Waals surface area contributed by atoms with Gasteiger partial charge in [-0.05, 0) is 23.9 Å². The third-order valence-electron chi connectivity index (χ3n) is 2.86. The summed E-state index contributed by atoms with van der Waals surface area (Å²) in [4.78, 5) is 23.9. The molecule has 2 aromatic heterocycles. The Morgan fingerprint density at radius 1 is 1.45 bits per heavy atom. The Morgan fingerprint density at radius 3 is 2.64 bits per heavy atom. The number of thiophene rings is 1. The summed E-state index contributed by atoms with van der Waals surface area (Å²) in [6.45, 7) is 1.71. The summed E-state index contributed by atoms with van der Waals surface area (Å²) < 4.78 is 39.0. The molecule has 0 aliphatic carbocycles. The molecule has 0 bridgehead atoms. The number of carbonyl (C=O) groups is 1. The quantitative estimate of drug-likeness (QED) is 0.919. The molecule has 10 heteroatoms. The molecule has 2 heterocycles. The summed E-state index contributed by atoms with van der Waals surface area (Å²) in [6.07, 6.45) is -4.70. The van der Waals surface area contributed by atoms with E-state index in [1.165, 1.54) is 11.3 Å². The highest BCUT2D eigenvalue weighted by Crippen LogP contribution is 2.25. The van der Waals surface area contributed by atoms with E-state index in [0.29, 0.717) is 14.1 Å². The van der Waals surface area contributed by atoms with Crippen molar-refractivity contribution in [2.45, 2.75) is 19.6 Å². The van der Waals surface area contributed by atoms with E-state index in [2.05, 4.69) is 10.4 Å². The van der Waals surface area contributed by atoms with E-state index >= 15 is 0 Å². The summed E-state index contributed by atoms with van der Waals surface area (Å²) in [5, 5.41) is 7.60. The van der Waals surface area contributed by atoms with Crippen LogP contribution in [0.3, 0.4) is 0 Å². The lowest BCUT2D eigenvalue weighted by Crippen LogP contribution is -2.31. The van der Waals surface area contributed by atoms with Crippen LogP contribution in [0.5, 0.6) is 0 Å². The fourth-order valence-corrected chi connectivity index (χ4v) is 2.61. The first-order valence-electron chi connectivity index (χ1n) is 6.24. The maximum Gasteiger partial charge on any atom is 0.451 e.